The fourth-order valence-corrected chi connectivity index (χ4v) is 1.80. The second-order valence-corrected chi connectivity index (χ2v) is 4.75. The van der Waals surface area contributed by atoms with Gasteiger partial charge >= 0.3 is 23.9 Å². The van der Waals surface area contributed by atoms with E-state index in [4.69, 9.17) is 19.7 Å². The molecule has 0 spiro atoms. The smallest absolute Gasteiger partial charge is 0.340 e. The van der Waals surface area contributed by atoms with Crippen molar-refractivity contribution in [3.8, 4) is 0 Å². The highest BCUT2D eigenvalue weighted by molar-refractivity contribution is 5.93. The van der Waals surface area contributed by atoms with Gasteiger partial charge in [-0.2, -0.15) is 0 Å². The fourth-order valence-electron chi connectivity index (χ4n) is 1.80. The number of rotatable bonds is 6. The van der Waals surface area contributed by atoms with E-state index in [9.17, 15) is 19.2 Å². The summed E-state index contributed by atoms with van der Waals surface area (Å²) in [6, 6.07) is 10.1. The number of carboxylic acids is 2. The molecule has 0 radical (unpaired) electrons. The van der Waals surface area contributed by atoms with Crippen molar-refractivity contribution in [2.24, 2.45) is 0 Å². The monoisotopic (exact) mass is 344 g/mol. The van der Waals surface area contributed by atoms with Crippen LogP contribution in [0.1, 0.15) is 41.4 Å². The molecule has 2 aromatic rings. The summed E-state index contributed by atoms with van der Waals surface area (Å²) in [6.07, 6.45) is 0. The van der Waals surface area contributed by atoms with Crippen LogP contribution in [-0.2, 0) is 9.47 Å². The average Bonchev–Trinajstić information content (AvgIpc) is 2.61. The fraction of sp³-hybridized carbons (Fsp3) is 0.0588. The van der Waals surface area contributed by atoms with Gasteiger partial charge in [-0.25, -0.2) is 19.2 Å². The molecule has 128 valence electrons. The van der Waals surface area contributed by atoms with Crippen molar-refractivity contribution >= 4 is 23.9 Å². The van der Waals surface area contributed by atoms with E-state index in [0.29, 0.717) is 0 Å². The van der Waals surface area contributed by atoms with Crippen molar-refractivity contribution in [2.45, 2.75) is 0 Å². The summed E-state index contributed by atoms with van der Waals surface area (Å²) in [6.45, 7) is -0.640. The number of benzene rings is 2. The predicted molar refractivity (Wildman–Crippen MR) is 82.5 cm³/mol. The number of carbonyl (C=O) groups excluding carboxylic acids is 2. The summed E-state index contributed by atoms with van der Waals surface area (Å²) in [7, 11) is 0. The quantitative estimate of drug-likeness (QED) is 0.602. The van der Waals surface area contributed by atoms with Gasteiger partial charge in [0.25, 0.3) is 0 Å². The topological polar surface area (TPSA) is 127 Å². The maximum atomic E-state index is 11.7. The Morgan fingerprint density at radius 2 is 0.880 bits per heavy atom. The molecule has 0 aromatic heterocycles. The molecule has 25 heavy (non-hydrogen) atoms. The van der Waals surface area contributed by atoms with E-state index < -0.39 is 30.7 Å². The molecule has 2 N–H and O–H groups in total. The van der Waals surface area contributed by atoms with Crippen LogP contribution in [0.2, 0.25) is 0 Å². The molecular formula is C17H12O8. The summed E-state index contributed by atoms with van der Waals surface area (Å²) < 4.78 is 9.52. The van der Waals surface area contributed by atoms with E-state index >= 15 is 0 Å². The Bertz CT molecular complexity index is 736. The lowest BCUT2D eigenvalue weighted by atomic mass is 10.1. The second kappa shape index (κ2) is 7.73. The number of carbonyl (C=O) groups is 4. The molecule has 0 atom stereocenters. The van der Waals surface area contributed by atoms with E-state index in [2.05, 4.69) is 0 Å². The van der Waals surface area contributed by atoms with Crippen LogP contribution < -0.4 is 0 Å². The number of hydrogen-bond acceptors (Lipinski definition) is 6. The largest absolute Gasteiger partial charge is 0.478 e. The number of aromatic carboxylic acids is 2. The van der Waals surface area contributed by atoms with Gasteiger partial charge in [0, 0.05) is 0 Å². The molecule has 0 fully saturated rings. The van der Waals surface area contributed by atoms with Crippen LogP contribution in [0, 0.1) is 0 Å². The number of esters is 2. The lowest BCUT2D eigenvalue weighted by Crippen LogP contribution is -2.13. The minimum Gasteiger partial charge on any atom is -0.478 e. The molecule has 2 rings (SSSR count). The second-order valence-electron chi connectivity index (χ2n) is 4.75. The van der Waals surface area contributed by atoms with Crippen molar-refractivity contribution in [1.29, 1.82) is 0 Å². The van der Waals surface area contributed by atoms with Crippen molar-refractivity contribution in [3.63, 3.8) is 0 Å². The Kier molecular flexibility index (Phi) is 5.47. The van der Waals surface area contributed by atoms with Crippen molar-refractivity contribution < 1.29 is 38.9 Å². The van der Waals surface area contributed by atoms with Gasteiger partial charge in [-0.1, -0.05) is 0 Å². The summed E-state index contributed by atoms with van der Waals surface area (Å²) in [5.74, 6) is -3.82. The molecule has 8 heteroatoms. The molecule has 0 amide bonds. The van der Waals surface area contributed by atoms with Gasteiger partial charge in [-0.15, -0.1) is 0 Å². The Morgan fingerprint density at radius 3 is 1.16 bits per heavy atom. The van der Waals surface area contributed by atoms with Gasteiger partial charge in [-0.05, 0) is 48.5 Å². The highest BCUT2D eigenvalue weighted by atomic mass is 16.7. The van der Waals surface area contributed by atoms with Crippen LogP contribution in [0.5, 0.6) is 0 Å². The first-order chi connectivity index (χ1) is 11.9. The van der Waals surface area contributed by atoms with E-state index in [1.165, 1.54) is 48.5 Å². The standard InChI is InChI=1S/C17H12O8/c18-14(19)10-1-5-12(6-2-10)16(22)24-9-25-17(23)13-7-3-11(4-8-13)15(20)21/h1-8H,9H2,(H,18,19)(H,20,21). The summed E-state index contributed by atoms with van der Waals surface area (Å²) in [5, 5.41) is 17.5. The maximum absolute atomic E-state index is 11.7. The zero-order chi connectivity index (χ0) is 18.4. The number of carboxylic acid groups (broad SMARTS) is 2. The highest BCUT2D eigenvalue weighted by Crippen LogP contribution is 2.08. The first-order valence-corrected chi connectivity index (χ1v) is 6.89. The molecule has 0 heterocycles. The third-order valence-corrected chi connectivity index (χ3v) is 3.12. The number of hydrogen-bond donors (Lipinski definition) is 2. The normalized spacial score (nSPS) is 9.92. The zero-order valence-electron chi connectivity index (χ0n) is 12.7. The third-order valence-electron chi connectivity index (χ3n) is 3.12. The molecule has 0 saturated heterocycles. The molecule has 8 nitrogen and oxygen atoms in total. The van der Waals surface area contributed by atoms with Crippen LogP contribution in [-0.4, -0.2) is 40.9 Å². The van der Waals surface area contributed by atoms with Crippen LogP contribution >= 0.6 is 0 Å². The van der Waals surface area contributed by atoms with Crippen molar-refractivity contribution in [3.05, 3.63) is 70.8 Å². The van der Waals surface area contributed by atoms with Gasteiger partial charge in [-0.3, -0.25) is 0 Å². The first kappa shape index (κ1) is 17.7. The van der Waals surface area contributed by atoms with E-state index in [-0.39, 0.29) is 22.3 Å². The van der Waals surface area contributed by atoms with E-state index in [1.54, 1.807) is 0 Å². The third kappa shape index (κ3) is 4.64. The SMILES string of the molecule is O=C(O)c1ccc(C(=O)OCOC(=O)c2ccc(C(=O)O)cc2)cc1. The maximum Gasteiger partial charge on any atom is 0.340 e. The summed E-state index contributed by atoms with van der Waals surface area (Å²) in [5.41, 5.74) is 0.249. The molecule has 0 saturated carbocycles. The van der Waals surface area contributed by atoms with Crippen LogP contribution in [0.15, 0.2) is 48.5 Å². The Hall–Kier alpha value is -3.68. The minimum atomic E-state index is -1.12. The van der Waals surface area contributed by atoms with Gasteiger partial charge in [0.15, 0.2) is 0 Å². The zero-order valence-corrected chi connectivity index (χ0v) is 12.7. The molecule has 0 aliphatic heterocycles. The highest BCUT2D eigenvalue weighted by Gasteiger charge is 2.12. The Labute approximate surface area is 141 Å². The van der Waals surface area contributed by atoms with Gasteiger partial charge in [0.2, 0.25) is 6.79 Å². The molecule has 0 unspecified atom stereocenters. The van der Waals surface area contributed by atoms with E-state index in [0.717, 1.165) is 0 Å². The van der Waals surface area contributed by atoms with Crippen molar-refractivity contribution in [2.75, 3.05) is 6.79 Å². The van der Waals surface area contributed by atoms with E-state index in [1.807, 2.05) is 0 Å². The van der Waals surface area contributed by atoms with Crippen LogP contribution in [0.25, 0.3) is 0 Å². The molecule has 2 aromatic carbocycles. The molecule has 0 aliphatic rings. The summed E-state index contributed by atoms with van der Waals surface area (Å²) in [4.78, 5) is 44.9. The molecule has 0 aliphatic carbocycles. The predicted octanol–water partition coefficient (Wildman–Crippen LogP) is 2.05. The average molecular weight is 344 g/mol. The van der Waals surface area contributed by atoms with Crippen molar-refractivity contribution in [1.82, 2.24) is 0 Å². The van der Waals surface area contributed by atoms with Crippen LogP contribution in [0.3, 0.4) is 0 Å². The van der Waals surface area contributed by atoms with Crippen LogP contribution in [0.4, 0.5) is 0 Å². The molecular weight excluding hydrogens is 332 g/mol. The van der Waals surface area contributed by atoms with Gasteiger partial charge < -0.3 is 19.7 Å². The Balaban J connectivity index is 1.86. The Morgan fingerprint density at radius 1 is 0.600 bits per heavy atom. The minimum absolute atomic E-state index is 0.0211. The number of ether oxygens (including phenoxy) is 2. The van der Waals surface area contributed by atoms with Gasteiger partial charge in [0.05, 0.1) is 22.3 Å². The molecule has 0 bridgehead atoms. The summed E-state index contributed by atoms with van der Waals surface area (Å²) >= 11 is 0. The lowest BCUT2D eigenvalue weighted by molar-refractivity contribution is -0.0167. The first-order valence-electron chi connectivity index (χ1n) is 6.89. The lowest BCUT2D eigenvalue weighted by Gasteiger charge is -2.07. The van der Waals surface area contributed by atoms with Gasteiger partial charge in [0.1, 0.15) is 0 Å².